The molecule has 33 heavy (non-hydrogen) atoms. The first-order valence-electron chi connectivity index (χ1n) is 10.4. The third-order valence-electron chi connectivity index (χ3n) is 5.53. The van der Waals surface area contributed by atoms with Gasteiger partial charge in [0.25, 0.3) is 5.91 Å². The van der Waals surface area contributed by atoms with Gasteiger partial charge in [-0.25, -0.2) is 4.39 Å². The van der Waals surface area contributed by atoms with Crippen molar-refractivity contribution in [3.8, 4) is 22.9 Å². The highest BCUT2D eigenvalue weighted by Gasteiger charge is 2.20. The van der Waals surface area contributed by atoms with Gasteiger partial charge in [-0.1, -0.05) is 0 Å². The van der Waals surface area contributed by atoms with E-state index < -0.39 is 11.7 Å². The van der Waals surface area contributed by atoms with Crippen LogP contribution in [0.3, 0.4) is 0 Å². The lowest BCUT2D eigenvalue weighted by molar-refractivity contribution is 0.102. The van der Waals surface area contributed by atoms with E-state index in [4.69, 9.17) is 9.47 Å². The molecule has 0 atom stereocenters. The molecule has 168 valence electrons. The fourth-order valence-electron chi connectivity index (χ4n) is 3.96. The van der Waals surface area contributed by atoms with Crippen LogP contribution in [0.5, 0.6) is 11.5 Å². The predicted molar refractivity (Wildman–Crippen MR) is 118 cm³/mol. The Morgan fingerprint density at radius 2 is 1.76 bits per heavy atom. The number of hydrogen-bond acceptors (Lipinski definition) is 6. The first-order valence-corrected chi connectivity index (χ1v) is 10.4. The van der Waals surface area contributed by atoms with Gasteiger partial charge in [-0.3, -0.25) is 4.79 Å². The molecule has 1 aliphatic heterocycles. The minimum atomic E-state index is -0.557. The van der Waals surface area contributed by atoms with E-state index in [1.807, 2.05) is 36.6 Å². The predicted octanol–water partition coefficient (Wildman–Crippen LogP) is 3.54. The Balaban J connectivity index is 1.46. The average Bonchev–Trinajstić information content (AvgIpc) is 3.37. The molecule has 0 spiro atoms. The van der Waals surface area contributed by atoms with Crippen molar-refractivity contribution < 1.29 is 18.7 Å². The van der Waals surface area contributed by atoms with Crippen LogP contribution in [-0.2, 0) is 0 Å². The first-order chi connectivity index (χ1) is 15.9. The normalized spacial score (nSPS) is 12.6. The molecule has 0 bridgehead atoms. The number of aromatic nitrogens is 5. The second-order valence-corrected chi connectivity index (χ2v) is 7.70. The maximum Gasteiger partial charge on any atom is 0.257 e. The van der Waals surface area contributed by atoms with Crippen molar-refractivity contribution in [1.82, 2.24) is 24.8 Å². The molecule has 9 nitrogen and oxygen atoms in total. The zero-order chi connectivity index (χ0) is 23.1. The van der Waals surface area contributed by atoms with Crippen molar-refractivity contribution in [3.63, 3.8) is 0 Å². The van der Waals surface area contributed by atoms with Crippen LogP contribution in [0.15, 0.2) is 42.5 Å². The molecule has 0 fully saturated rings. The van der Waals surface area contributed by atoms with Crippen molar-refractivity contribution in [1.29, 1.82) is 0 Å². The SMILES string of the molecule is Cc1nnnn1-c1ccc(F)c(NC(=O)c2cc(C)n(-c3ccc4c(c3)OCCO4)c2C)c1. The van der Waals surface area contributed by atoms with Gasteiger partial charge in [0.1, 0.15) is 19.0 Å². The summed E-state index contributed by atoms with van der Waals surface area (Å²) >= 11 is 0. The maximum absolute atomic E-state index is 14.5. The fourth-order valence-corrected chi connectivity index (χ4v) is 3.96. The molecule has 1 aliphatic rings. The summed E-state index contributed by atoms with van der Waals surface area (Å²) in [4.78, 5) is 13.1. The number of nitrogens with one attached hydrogen (secondary N) is 1. The van der Waals surface area contributed by atoms with E-state index in [1.165, 1.54) is 16.8 Å². The van der Waals surface area contributed by atoms with E-state index in [1.54, 1.807) is 19.1 Å². The number of benzene rings is 2. The molecule has 0 saturated carbocycles. The zero-order valence-electron chi connectivity index (χ0n) is 18.3. The van der Waals surface area contributed by atoms with E-state index in [9.17, 15) is 9.18 Å². The smallest absolute Gasteiger partial charge is 0.257 e. The average molecular weight is 448 g/mol. The first kappa shape index (κ1) is 20.7. The Labute approximate surface area is 188 Å². The third-order valence-corrected chi connectivity index (χ3v) is 5.53. The van der Waals surface area contributed by atoms with E-state index >= 15 is 0 Å². The molecule has 5 rings (SSSR count). The molecule has 0 unspecified atom stereocenters. The third kappa shape index (κ3) is 3.69. The van der Waals surface area contributed by atoms with E-state index in [2.05, 4.69) is 20.8 Å². The minimum absolute atomic E-state index is 0.0385. The van der Waals surface area contributed by atoms with Gasteiger partial charge in [-0.2, -0.15) is 4.68 Å². The lowest BCUT2D eigenvalue weighted by atomic mass is 10.2. The Bertz CT molecular complexity index is 1380. The summed E-state index contributed by atoms with van der Waals surface area (Å²) in [7, 11) is 0. The summed E-state index contributed by atoms with van der Waals surface area (Å²) in [5.41, 5.74) is 3.43. The van der Waals surface area contributed by atoms with E-state index in [0.717, 1.165) is 17.1 Å². The highest BCUT2D eigenvalue weighted by molar-refractivity contribution is 6.05. The molecule has 2 aromatic carbocycles. The Morgan fingerprint density at radius 1 is 1.00 bits per heavy atom. The van der Waals surface area contributed by atoms with Crippen molar-refractivity contribution in [3.05, 3.63) is 71.1 Å². The summed E-state index contributed by atoms with van der Waals surface area (Å²) in [5, 5.41) is 14.0. The van der Waals surface area contributed by atoms with E-state index in [0.29, 0.717) is 41.8 Å². The fraction of sp³-hybridized carbons (Fsp3) is 0.217. The molecule has 0 radical (unpaired) electrons. The van der Waals surface area contributed by atoms with Gasteiger partial charge in [0, 0.05) is 23.1 Å². The number of amides is 1. The number of carbonyl (C=O) groups is 1. The van der Waals surface area contributed by atoms with Crippen LogP contribution < -0.4 is 14.8 Å². The lowest BCUT2D eigenvalue weighted by Gasteiger charge is -2.20. The van der Waals surface area contributed by atoms with Gasteiger partial charge in [0.05, 0.1) is 16.9 Å². The standard InChI is InChI=1S/C23H21FN6O3/c1-13-10-18(14(2)29(13)16-5-7-21-22(12-16)33-9-8-32-21)23(31)25-20-11-17(4-6-19(20)24)30-15(3)26-27-28-30/h4-7,10-12H,8-9H2,1-3H3,(H,25,31). The molecule has 0 aliphatic carbocycles. The Kier molecular flexibility index (Phi) is 5.04. The second-order valence-electron chi connectivity index (χ2n) is 7.70. The van der Waals surface area contributed by atoms with Gasteiger partial charge in [0.2, 0.25) is 0 Å². The maximum atomic E-state index is 14.5. The summed E-state index contributed by atoms with van der Waals surface area (Å²) in [5.74, 6) is 0.921. The van der Waals surface area contributed by atoms with Gasteiger partial charge in [0.15, 0.2) is 17.3 Å². The topological polar surface area (TPSA) is 96.1 Å². The van der Waals surface area contributed by atoms with Gasteiger partial charge in [-0.05, 0) is 67.6 Å². The molecule has 10 heteroatoms. The minimum Gasteiger partial charge on any atom is -0.486 e. The number of carbonyl (C=O) groups excluding carboxylic acids is 1. The number of tetrazole rings is 1. The Hall–Kier alpha value is -4.21. The van der Waals surface area contributed by atoms with Crippen LogP contribution in [-0.4, -0.2) is 43.9 Å². The number of fused-ring (bicyclic) bond motifs is 1. The molecule has 2 aromatic heterocycles. The highest BCUT2D eigenvalue weighted by Crippen LogP contribution is 2.33. The number of nitrogens with zero attached hydrogens (tertiary/aromatic N) is 5. The number of anilines is 1. The van der Waals surface area contributed by atoms with Crippen LogP contribution in [0.25, 0.3) is 11.4 Å². The molecule has 1 N–H and O–H groups in total. The molecule has 3 heterocycles. The van der Waals surface area contributed by atoms with Gasteiger partial charge >= 0.3 is 0 Å². The van der Waals surface area contributed by atoms with Crippen LogP contribution in [0.2, 0.25) is 0 Å². The monoisotopic (exact) mass is 448 g/mol. The summed E-state index contributed by atoms with van der Waals surface area (Å²) in [6.07, 6.45) is 0. The number of halogens is 1. The molecule has 1 amide bonds. The van der Waals surface area contributed by atoms with Crippen LogP contribution in [0.1, 0.15) is 27.6 Å². The molecular formula is C23H21FN6O3. The zero-order valence-corrected chi connectivity index (χ0v) is 18.3. The molecule has 0 saturated heterocycles. The van der Waals surface area contributed by atoms with Crippen molar-refractivity contribution in [2.45, 2.75) is 20.8 Å². The molecule has 4 aromatic rings. The van der Waals surface area contributed by atoms with Gasteiger partial charge < -0.3 is 19.4 Å². The number of aryl methyl sites for hydroxylation is 2. The van der Waals surface area contributed by atoms with Crippen LogP contribution in [0.4, 0.5) is 10.1 Å². The molecular weight excluding hydrogens is 427 g/mol. The van der Waals surface area contributed by atoms with Crippen molar-refractivity contribution in [2.24, 2.45) is 0 Å². The quantitative estimate of drug-likeness (QED) is 0.513. The van der Waals surface area contributed by atoms with Crippen molar-refractivity contribution >= 4 is 11.6 Å². The number of hydrogen-bond donors (Lipinski definition) is 1. The number of rotatable bonds is 4. The van der Waals surface area contributed by atoms with Crippen LogP contribution >= 0.6 is 0 Å². The lowest BCUT2D eigenvalue weighted by Crippen LogP contribution is -2.16. The highest BCUT2D eigenvalue weighted by atomic mass is 19.1. The number of ether oxygens (including phenoxy) is 2. The largest absolute Gasteiger partial charge is 0.486 e. The summed E-state index contributed by atoms with van der Waals surface area (Å²) in [6.45, 7) is 6.48. The second kappa shape index (κ2) is 8.05. The summed E-state index contributed by atoms with van der Waals surface area (Å²) in [6, 6.07) is 11.7. The van der Waals surface area contributed by atoms with E-state index in [-0.39, 0.29) is 5.69 Å². The van der Waals surface area contributed by atoms with Gasteiger partial charge in [-0.15, -0.1) is 5.10 Å². The van der Waals surface area contributed by atoms with Crippen LogP contribution in [0, 0.1) is 26.6 Å². The Morgan fingerprint density at radius 3 is 2.52 bits per heavy atom. The van der Waals surface area contributed by atoms with Crippen molar-refractivity contribution in [2.75, 3.05) is 18.5 Å². The summed E-state index contributed by atoms with van der Waals surface area (Å²) < 4.78 is 29.2.